The fourth-order valence-electron chi connectivity index (χ4n) is 6.50. The summed E-state index contributed by atoms with van der Waals surface area (Å²) in [4.78, 5) is 12.1. The van der Waals surface area contributed by atoms with Gasteiger partial charge in [0.25, 0.3) is 0 Å². The number of allylic oxidation sites excluding steroid dienone is 2. The average molecular weight is 775 g/mol. The molecule has 0 saturated heterocycles. The number of rotatable bonds is 19. The predicted octanol–water partition coefficient (Wildman–Crippen LogP) is 13.3. The molecular weight excluding hydrogens is 693 g/mol. The zero-order valence-electron chi connectivity index (χ0n) is 36.9. The van der Waals surface area contributed by atoms with Gasteiger partial charge in [-0.3, -0.25) is 4.79 Å². The third-order valence-corrected chi connectivity index (χ3v) is 26.4. The van der Waals surface area contributed by atoms with Gasteiger partial charge < -0.3 is 18.0 Å². The SMILES string of the molecule is CC(C)OC(=O)CCC/C=C\C[C@@H]1[C@@H](CC[C@H](CCc2ccccc2)O[Si](C)(C)C(C)(C)C)[C@H](O[Si](C)(C)C(C)(C)C)C[C@@H]1O[Si](C)(C)C(C)(C)C. The molecule has 1 aliphatic carbocycles. The first kappa shape index (κ1) is 47.1. The molecule has 0 unspecified atom stereocenters. The van der Waals surface area contributed by atoms with Gasteiger partial charge in [0.05, 0.1) is 18.3 Å². The summed E-state index contributed by atoms with van der Waals surface area (Å²) in [6.07, 6.45) is 13.4. The van der Waals surface area contributed by atoms with Crippen LogP contribution in [0.15, 0.2) is 42.5 Å². The molecule has 1 aromatic rings. The molecule has 5 nitrogen and oxygen atoms in total. The maximum absolute atomic E-state index is 12.1. The molecule has 0 spiro atoms. The van der Waals surface area contributed by atoms with E-state index in [4.69, 9.17) is 18.0 Å². The summed E-state index contributed by atoms with van der Waals surface area (Å²) in [5, 5.41) is 0.414. The Labute approximate surface area is 325 Å². The predicted molar refractivity (Wildman–Crippen MR) is 231 cm³/mol. The summed E-state index contributed by atoms with van der Waals surface area (Å²) in [5.74, 6) is 0.653. The first-order valence-electron chi connectivity index (χ1n) is 20.6. The molecule has 0 aromatic heterocycles. The molecule has 1 fully saturated rings. The van der Waals surface area contributed by atoms with E-state index < -0.39 is 25.0 Å². The lowest BCUT2D eigenvalue weighted by Gasteiger charge is -2.41. The molecular formula is C44H82O5Si3. The first-order valence-corrected chi connectivity index (χ1v) is 29.3. The van der Waals surface area contributed by atoms with Gasteiger partial charge in [0.15, 0.2) is 25.0 Å². The Balaban J connectivity index is 2.46. The summed E-state index contributed by atoms with van der Waals surface area (Å²) in [5.41, 5.74) is 1.38. The number of benzene rings is 1. The van der Waals surface area contributed by atoms with Crippen LogP contribution in [-0.4, -0.2) is 55.3 Å². The van der Waals surface area contributed by atoms with E-state index in [-0.39, 0.29) is 45.5 Å². The summed E-state index contributed by atoms with van der Waals surface area (Å²) >= 11 is 0. The maximum Gasteiger partial charge on any atom is 0.306 e. The highest BCUT2D eigenvalue weighted by Crippen LogP contribution is 2.49. The first-order chi connectivity index (χ1) is 23.7. The highest BCUT2D eigenvalue weighted by atomic mass is 28.4. The standard InChI is InChI=1S/C44H82O5Si3/c1-34(2)46-41(45)28-24-19-18-23-27-37-38(32-31-36(47-50(12,13)42(3,4)5)30-29-35-25-21-20-22-26-35)40(49-52(16,17)44(9,10)11)33-39(37)48-51(14,15)43(6,7)8/h18,20-23,25-26,34,36-40H,19,24,27-33H2,1-17H3/b23-18-/t36-,37+,38+,39-,40+/m0/s1. The number of carbonyl (C=O) groups is 1. The lowest BCUT2D eigenvalue weighted by atomic mass is 9.85. The second-order valence-corrected chi connectivity index (χ2v) is 34.9. The van der Waals surface area contributed by atoms with E-state index in [0.29, 0.717) is 18.3 Å². The van der Waals surface area contributed by atoms with E-state index in [0.717, 1.165) is 51.4 Å². The highest BCUT2D eigenvalue weighted by molar-refractivity contribution is 6.75. The number of carbonyl (C=O) groups excluding carboxylic acids is 1. The van der Waals surface area contributed by atoms with Gasteiger partial charge in [0.2, 0.25) is 0 Å². The van der Waals surface area contributed by atoms with Crippen molar-refractivity contribution in [1.82, 2.24) is 0 Å². The Kier molecular flexibility index (Phi) is 17.4. The Bertz CT molecular complexity index is 1240. The van der Waals surface area contributed by atoms with Crippen LogP contribution in [0.2, 0.25) is 54.4 Å². The van der Waals surface area contributed by atoms with Crippen molar-refractivity contribution in [2.75, 3.05) is 0 Å². The van der Waals surface area contributed by atoms with E-state index in [1.165, 1.54) is 5.56 Å². The molecule has 0 N–H and O–H groups in total. The second-order valence-electron chi connectivity index (χ2n) is 20.6. The Morgan fingerprint density at radius 2 is 1.27 bits per heavy atom. The molecule has 5 atom stereocenters. The van der Waals surface area contributed by atoms with Gasteiger partial charge in [0, 0.05) is 12.5 Å². The van der Waals surface area contributed by atoms with E-state index in [9.17, 15) is 4.79 Å². The molecule has 2 rings (SSSR count). The lowest BCUT2D eigenvalue weighted by Crippen LogP contribution is -2.45. The van der Waals surface area contributed by atoms with Gasteiger partial charge >= 0.3 is 5.97 Å². The molecule has 0 aliphatic heterocycles. The smallest absolute Gasteiger partial charge is 0.306 e. The fraction of sp³-hybridized carbons (Fsp3) is 0.795. The molecule has 0 heterocycles. The van der Waals surface area contributed by atoms with Crippen molar-refractivity contribution >= 4 is 30.9 Å². The van der Waals surface area contributed by atoms with Crippen LogP contribution in [0.5, 0.6) is 0 Å². The average Bonchev–Trinajstić information content (AvgIpc) is 3.28. The zero-order valence-corrected chi connectivity index (χ0v) is 39.9. The Morgan fingerprint density at radius 1 is 0.750 bits per heavy atom. The number of hydrogen-bond donors (Lipinski definition) is 0. The van der Waals surface area contributed by atoms with Crippen LogP contribution >= 0.6 is 0 Å². The van der Waals surface area contributed by atoms with Crippen molar-refractivity contribution < 1.29 is 22.8 Å². The quantitative estimate of drug-likeness (QED) is 0.0606. The molecule has 1 saturated carbocycles. The maximum atomic E-state index is 12.1. The molecule has 0 bridgehead atoms. The summed E-state index contributed by atoms with van der Waals surface area (Å²) in [6.45, 7) is 39.4. The van der Waals surface area contributed by atoms with Gasteiger partial charge in [-0.1, -0.05) is 105 Å². The molecule has 8 heteroatoms. The van der Waals surface area contributed by atoms with Crippen molar-refractivity contribution in [3.8, 4) is 0 Å². The number of esters is 1. The fourth-order valence-corrected chi connectivity index (χ4v) is 10.7. The van der Waals surface area contributed by atoms with E-state index in [2.05, 4.69) is 144 Å². The monoisotopic (exact) mass is 775 g/mol. The minimum absolute atomic E-state index is 0.0631. The van der Waals surface area contributed by atoms with E-state index in [1.54, 1.807) is 0 Å². The van der Waals surface area contributed by atoms with Crippen molar-refractivity contribution in [2.45, 2.75) is 213 Å². The molecule has 1 aromatic carbocycles. The minimum atomic E-state index is -2.05. The van der Waals surface area contributed by atoms with Crippen LogP contribution in [0.25, 0.3) is 0 Å². The van der Waals surface area contributed by atoms with Gasteiger partial charge in [0.1, 0.15) is 0 Å². The number of ether oxygens (including phenoxy) is 1. The molecule has 300 valence electrons. The van der Waals surface area contributed by atoms with Gasteiger partial charge in [-0.05, 0) is 137 Å². The number of aryl methyl sites for hydroxylation is 1. The van der Waals surface area contributed by atoms with Crippen molar-refractivity contribution in [1.29, 1.82) is 0 Å². The number of unbranched alkanes of at least 4 members (excludes halogenated alkanes) is 1. The van der Waals surface area contributed by atoms with Gasteiger partial charge in [-0.15, -0.1) is 0 Å². The molecule has 52 heavy (non-hydrogen) atoms. The van der Waals surface area contributed by atoms with Crippen LogP contribution < -0.4 is 0 Å². The van der Waals surface area contributed by atoms with Crippen LogP contribution in [0.3, 0.4) is 0 Å². The van der Waals surface area contributed by atoms with Gasteiger partial charge in [-0.25, -0.2) is 0 Å². The molecule has 0 amide bonds. The topological polar surface area (TPSA) is 54.0 Å². The minimum Gasteiger partial charge on any atom is -0.463 e. The summed E-state index contributed by atoms with van der Waals surface area (Å²) in [6, 6.07) is 10.9. The van der Waals surface area contributed by atoms with E-state index in [1.807, 2.05) is 13.8 Å². The van der Waals surface area contributed by atoms with Crippen LogP contribution in [-0.2, 0) is 29.2 Å². The zero-order chi connectivity index (χ0) is 39.8. The van der Waals surface area contributed by atoms with Gasteiger partial charge in [-0.2, -0.15) is 0 Å². The second kappa shape index (κ2) is 19.2. The third kappa shape index (κ3) is 14.6. The normalized spacial score (nSPS) is 21.7. The largest absolute Gasteiger partial charge is 0.463 e. The van der Waals surface area contributed by atoms with Crippen LogP contribution in [0.1, 0.15) is 133 Å². The summed E-state index contributed by atoms with van der Waals surface area (Å²) < 4.78 is 27.4. The highest BCUT2D eigenvalue weighted by Gasteiger charge is 2.51. The van der Waals surface area contributed by atoms with Crippen molar-refractivity contribution in [3.05, 3.63) is 48.0 Å². The Morgan fingerprint density at radius 3 is 1.77 bits per heavy atom. The van der Waals surface area contributed by atoms with Crippen LogP contribution in [0, 0.1) is 11.8 Å². The van der Waals surface area contributed by atoms with Crippen LogP contribution in [0.4, 0.5) is 0 Å². The Hall–Kier alpha value is -1.04. The number of hydrogen-bond acceptors (Lipinski definition) is 5. The van der Waals surface area contributed by atoms with E-state index >= 15 is 0 Å². The molecule has 1 aliphatic rings. The van der Waals surface area contributed by atoms with Crippen molar-refractivity contribution in [3.63, 3.8) is 0 Å². The summed E-state index contributed by atoms with van der Waals surface area (Å²) in [7, 11) is -6.07. The lowest BCUT2D eigenvalue weighted by molar-refractivity contribution is -0.147. The molecule has 0 radical (unpaired) electrons. The third-order valence-electron chi connectivity index (χ3n) is 12.9. The van der Waals surface area contributed by atoms with Crippen molar-refractivity contribution in [2.24, 2.45) is 11.8 Å².